The normalized spacial score (nSPS) is 26.0. The van der Waals surface area contributed by atoms with Gasteiger partial charge in [-0.05, 0) is 61.5 Å². The van der Waals surface area contributed by atoms with Crippen molar-refractivity contribution < 1.29 is 0 Å². The number of hydrogen-bond donors (Lipinski definition) is 0. The van der Waals surface area contributed by atoms with Crippen molar-refractivity contribution in [2.45, 2.75) is 52.4 Å². The fraction of sp³-hybridized carbons (Fsp3) is 0.625. The Balaban J connectivity index is 2.02. The predicted molar refractivity (Wildman–Crippen MR) is 70.7 cm³/mol. The molecule has 0 radical (unpaired) electrons. The monoisotopic (exact) mass is 216 g/mol. The molecule has 1 aliphatic rings. The summed E-state index contributed by atoms with van der Waals surface area (Å²) in [5, 5.41) is 0. The molecule has 0 saturated heterocycles. The standard InChI is InChI=1S/C16H24/c1-12(2)14-8-10-15(11-9-14)16-7-5-4-6-13(16)3/h4-7,12,14-15H,8-11H2,1-3H3. The molecule has 0 spiro atoms. The maximum absolute atomic E-state index is 2.37. The van der Waals surface area contributed by atoms with Crippen molar-refractivity contribution in [1.82, 2.24) is 0 Å². The van der Waals surface area contributed by atoms with E-state index < -0.39 is 0 Å². The topological polar surface area (TPSA) is 0 Å². The van der Waals surface area contributed by atoms with Gasteiger partial charge in [0.2, 0.25) is 0 Å². The van der Waals surface area contributed by atoms with Crippen LogP contribution in [0.4, 0.5) is 0 Å². The number of hydrogen-bond acceptors (Lipinski definition) is 0. The number of aryl methyl sites for hydroxylation is 1. The molecule has 0 amide bonds. The Bertz CT molecular complexity index is 330. The lowest BCUT2D eigenvalue weighted by Gasteiger charge is -2.31. The summed E-state index contributed by atoms with van der Waals surface area (Å²) in [6, 6.07) is 8.93. The highest BCUT2D eigenvalue weighted by Gasteiger charge is 2.24. The van der Waals surface area contributed by atoms with Crippen molar-refractivity contribution >= 4 is 0 Å². The van der Waals surface area contributed by atoms with E-state index in [1.807, 2.05) is 0 Å². The van der Waals surface area contributed by atoms with Gasteiger partial charge in [-0.3, -0.25) is 0 Å². The molecule has 2 rings (SSSR count). The van der Waals surface area contributed by atoms with Gasteiger partial charge >= 0.3 is 0 Å². The molecular formula is C16H24. The maximum Gasteiger partial charge on any atom is -0.0159 e. The van der Waals surface area contributed by atoms with E-state index in [0.717, 1.165) is 17.8 Å². The minimum absolute atomic E-state index is 0.830. The third kappa shape index (κ3) is 2.48. The predicted octanol–water partition coefficient (Wildman–Crippen LogP) is 4.92. The third-order valence-corrected chi connectivity index (χ3v) is 4.34. The molecule has 1 aromatic carbocycles. The highest BCUT2D eigenvalue weighted by atomic mass is 14.3. The zero-order valence-corrected chi connectivity index (χ0v) is 10.9. The molecule has 0 heterocycles. The summed E-state index contributed by atoms with van der Waals surface area (Å²) < 4.78 is 0. The van der Waals surface area contributed by atoms with Crippen LogP contribution in [0.5, 0.6) is 0 Å². The van der Waals surface area contributed by atoms with E-state index in [4.69, 9.17) is 0 Å². The first kappa shape index (κ1) is 11.7. The van der Waals surface area contributed by atoms with Crippen LogP contribution in [-0.2, 0) is 0 Å². The third-order valence-electron chi connectivity index (χ3n) is 4.34. The fourth-order valence-electron chi connectivity index (χ4n) is 3.14. The van der Waals surface area contributed by atoms with E-state index in [0.29, 0.717) is 0 Å². The Morgan fingerprint density at radius 2 is 1.62 bits per heavy atom. The average Bonchev–Trinajstić information content (AvgIpc) is 2.30. The van der Waals surface area contributed by atoms with E-state index >= 15 is 0 Å². The lowest BCUT2D eigenvalue weighted by molar-refractivity contribution is 0.258. The van der Waals surface area contributed by atoms with Crippen molar-refractivity contribution in [1.29, 1.82) is 0 Å². The quantitative estimate of drug-likeness (QED) is 0.658. The molecule has 0 aromatic heterocycles. The van der Waals surface area contributed by atoms with Crippen LogP contribution in [0.15, 0.2) is 24.3 Å². The first-order chi connectivity index (χ1) is 7.68. The fourth-order valence-corrected chi connectivity index (χ4v) is 3.14. The molecule has 1 aliphatic carbocycles. The van der Waals surface area contributed by atoms with Gasteiger partial charge < -0.3 is 0 Å². The first-order valence-corrected chi connectivity index (χ1v) is 6.74. The van der Waals surface area contributed by atoms with Crippen molar-refractivity contribution in [3.8, 4) is 0 Å². The molecule has 16 heavy (non-hydrogen) atoms. The van der Waals surface area contributed by atoms with Crippen LogP contribution in [0.1, 0.15) is 56.6 Å². The van der Waals surface area contributed by atoms with Gasteiger partial charge in [0.05, 0.1) is 0 Å². The second kappa shape index (κ2) is 5.03. The summed E-state index contributed by atoms with van der Waals surface area (Å²) in [5.41, 5.74) is 3.08. The van der Waals surface area contributed by atoms with E-state index in [1.54, 1.807) is 5.56 Å². The Hall–Kier alpha value is -0.780. The molecule has 0 atom stereocenters. The zero-order valence-electron chi connectivity index (χ0n) is 10.9. The lowest BCUT2D eigenvalue weighted by atomic mass is 9.74. The Morgan fingerprint density at radius 3 is 2.19 bits per heavy atom. The van der Waals surface area contributed by atoms with Crippen LogP contribution in [0.2, 0.25) is 0 Å². The van der Waals surface area contributed by atoms with Crippen molar-refractivity contribution in [3.05, 3.63) is 35.4 Å². The van der Waals surface area contributed by atoms with Gasteiger partial charge in [-0.1, -0.05) is 38.1 Å². The summed E-state index contributed by atoms with van der Waals surface area (Å²) in [6.45, 7) is 7.00. The Morgan fingerprint density at radius 1 is 1.00 bits per heavy atom. The molecule has 0 unspecified atom stereocenters. The van der Waals surface area contributed by atoms with Crippen LogP contribution < -0.4 is 0 Å². The van der Waals surface area contributed by atoms with Crippen molar-refractivity contribution in [3.63, 3.8) is 0 Å². The number of rotatable bonds is 2. The molecule has 0 heteroatoms. The van der Waals surface area contributed by atoms with Crippen LogP contribution in [0, 0.1) is 18.8 Å². The van der Waals surface area contributed by atoms with Gasteiger partial charge in [-0.15, -0.1) is 0 Å². The van der Waals surface area contributed by atoms with E-state index in [9.17, 15) is 0 Å². The summed E-state index contributed by atoms with van der Waals surface area (Å²) in [5.74, 6) is 2.68. The van der Waals surface area contributed by atoms with Gasteiger partial charge in [0.25, 0.3) is 0 Å². The molecule has 1 saturated carbocycles. The smallest absolute Gasteiger partial charge is 0.0159 e. The van der Waals surface area contributed by atoms with Gasteiger partial charge in [0, 0.05) is 0 Å². The minimum Gasteiger partial charge on any atom is -0.0625 e. The van der Waals surface area contributed by atoms with Gasteiger partial charge in [0.15, 0.2) is 0 Å². The highest BCUT2D eigenvalue weighted by Crippen LogP contribution is 2.39. The van der Waals surface area contributed by atoms with E-state index in [2.05, 4.69) is 45.0 Å². The summed E-state index contributed by atoms with van der Waals surface area (Å²) in [4.78, 5) is 0. The average molecular weight is 216 g/mol. The summed E-state index contributed by atoms with van der Waals surface area (Å²) in [6.07, 6.45) is 5.65. The Kier molecular flexibility index (Phi) is 3.68. The largest absolute Gasteiger partial charge is 0.0625 e. The maximum atomic E-state index is 2.37. The lowest BCUT2D eigenvalue weighted by Crippen LogP contribution is -2.18. The van der Waals surface area contributed by atoms with Gasteiger partial charge in [-0.2, -0.15) is 0 Å². The van der Waals surface area contributed by atoms with Crippen LogP contribution in [0.25, 0.3) is 0 Å². The van der Waals surface area contributed by atoms with Gasteiger partial charge in [0.1, 0.15) is 0 Å². The number of benzene rings is 1. The molecular weight excluding hydrogens is 192 g/mol. The van der Waals surface area contributed by atoms with Gasteiger partial charge in [-0.25, -0.2) is 0 Å². The first-order valence-electron chi connectivity index (χ1n) is 6.74. The molecule has 1 aromatic rings. The highest BCUT2D eigenvalue weighted by molar-refractivity contribution is 5.29. The Labute approximate surface area is 100 Å². The van der Waals surface area contributed by atoms with Crippen LogP contribution in [0.3, 0.4) is 0 Å². The van der Waals surface area contributed by atoms with Crippen molar-refractivity contribution in [2.24, 2.45) is 11.8 Å². The van der Waals surface area contributed by atoms with E-state index in [1.165, 1.54) is 31.2 Å². The van der Waals surface area contributed by atoms with Crippen molar-refractivity contribution in [2.75, 3.05) is 0 Å². The molecule has 88 valence electrons. The minimum atomic E-state index is 0.830. The van der Waals surface area contributed by atoms with Crippen LogP contribution >= 0.6 is 0 Å². The molecule has 0 bridgehead atoms. The second-order valence-electron chi connectivity index (χ2n) is 5.71. The summed E-state index contributed by atoms with van der Waals surface area (Å²) in [7, 11) is 0. The summed E-state index contributed by atoms with van der Waals surface area (Å²) >= 11 is 0. The second-order valence-corrected chi connectivity index (χ2v) is 5.71. The molecule has 0 N–H and O–H groups in total. The molecule has 0 nitrogen and oxygen atoms in total. The van der Waals surface area contributed by atoms with Crippen LogP contribution in [-0.4, -0.2) is 0 Å². The zero-order chi connectivity index (χ0) is 11.5. The SMILES string of the molecule is Cc1ccccc1C1CCC(C(C)C)CC1. The van der Waals surface area contributed by atoms with E-state index in [-0.39, 0.29) is 0 Å². The molecule has 1 fully saturated rings. The molecule has 0 aliphatic heterocycles.